The Labute approximate surface area is 124 Å². The molecule has 0 aliphatic carbocycles. The fourth-order valence-electron chi connectivity index (χ4n) is 2.48. The monoisotopic (exact) mass is 304 g/mol. The molecule has 0 saturated heterocycles. The van der Waals surface area contributed by atoms with E-state index in [4.69, 9.17) is 4.74 Å². The van der Waals surface area contributed by atoms with Crippen molar-refractivity contribution in [2.75, 3.05) is 22.7 Å². The maximum absolute atomic E-state index is 12.6. The van der Waals surface area contributed by atoms with Crippen LogP contribution in [0.4, 0.5) is 11.4 Å². The van der Waals surface area contributed by atoms with E-state index in [1.165, 1.54) is 11.4 Å². The van der Waals surface area contributed by atoms with Crippen molar-refractivity contribution in [2.24, 2.45) is 0 Å². The minimum atomic E-state index is -3.66. The molecule has 6 heteroatoms. The van der Waals surface area contributed by atoms with Gasteiger partial charge >= 0.3 is 10.2 Å². The molecule has 1 aliphatic rings. The zero-order chi connectivity index (χ0) is 14.9. The van der Waals surface area contributed by atoms with Crippen molar-refractivity contribution in [2.45, 2.75) is 6.42 Å². The summed E-state index contributed by atoms with van der Waals surface area (Å²) < 4.78 is 34.4. The van der Waals surface area contributed by atoms with Crippen LogP contribution in [0, 0.1) is 0 Å². The molecule has 1 N–H and O–H groups in total. The van der Waals surface area contributed by atoms with Crippen molar-refractivity contribution >= 4 is 21.6 Å². The lowest BCUT2D eigenvalue weighted by molar-refractivity contribution is 0.417. The maximum Gasteiger partial charge on any atom is 0.324 e. The van der Waals surface area contributed by atoms with E-state index in [9.17, 15) is 8.42 Å². The van der Waals surface area contributed by atoms with Gasteiger partial charge in [-0.3, -0.25) is 9.03 Å². The van der Waals surface area contributed by atoms with Crippen molar-refractivity contribution in [1.82, 2.24) is 0 Å². The highest BCUT2D eigenvalue weighted by atomic mass is 32.2. The third kappa shape index (κ3) is 2.54. The number of hydrogen-bond donors (Lipinski definition) is 1. The summed E-state index contributed by atoms with van der Waals surface area (Å²) in [5, 5.41) is 0. The van der Waals surface area contributed by atoms with E-state index in [1.54, 1.807) is 24.3 Å². The zero-order valence-corrected chi connectivity index (χ0v) is 12.4. The number of rotatable bonds is 4. The Morgan fingerprint density at radius 3 is 2.62 bits per heavy atom. The quantitative estimate of drug-likeness (QED) is 0.943. The molecule has 1 heterocycles. The molecule has 0 saturated carbocycles. The molecule has 5 nitrogen and oxygen atoms in total. The van der Waals surface area contributed by atoms with E-state index in [0.717, 1.165) is 17.7 Å². The van der Waals surface area contributed by atoms with Gasteiger partial charge in [-0.25, -0.2) is 0 Å². The normalized spacial score (nSPS) is 13.9. The highest BCUT2D eigenvalue weighted by Crippen LogP contribution is 2.32. The molecule has 0 radical (unpaired) electrons. The Morgan fingerprint density at radius 2 is 1.81 bits per heavy atom. The van der Waals surface area contributed by atoms with Gasteiger partial charge in [0.2, 0.25) is 0 Å². The van der Waals surface area contributed by atoms with Crippen LogP contribution in [0.25, 0.3) is 0 Å². The van der Waals surface area contributed by atoms with E-state index in [0.29, 0.717) is 18.0 Å². The minimum absolute atomic E-state index is 0.435. The molecule has 0 unspecified atom stereocenters. The Kier molecular flexibility index (Phi) is 3.47. The van der Waals surface area contributed by atoms with Gasteiger partial charge in [-0.15, -0.1) is 0 Å². The Morgan fingerprint density at radius 1 is 1.10 bits per heavy atom. The molecule has 0 atom stereocenters. The van der Waals surface area contributed by atoms with E-state index in [1.807, 2.05) is 24.3 Å². The summed E-state index contributed by atoms with van der Waals surface area (Å²) >= 11 is 0. The van der Waals surface area contributed by atoms with Gasteiger partial charge in [0.1, 0.15) is 5.75 Å². The summed E-state index contributed by atoms with van der Waals surface area (Å²) in [6.07, 6.45) is 0.725. The average molecular weight is 304 g/mol. The molecule has 0 aromatic heterocycles. The predicted octanol–water partition coefficient (Wildman–Crippen LogP) is 2.41. The first-order valence-corrected chi connectivity index (χ1v) is 8.07. The first-order valence-electron chi connectivity index (χ1n) is 6.63. The van der Waals surface area contributed by atoms with E-state index < -0.39 is 10.2 Å². The summed E-state index contributed by atoms with van der Waals surface area (Å²) in [7, 11) is -2.14. The first kappa shape index (κ1) is 13.8. The Hall–Kier alpha value is -2.21. The van der Waals surface area contributed by atoms with Crippen LogP contribution in [-0.4, -0.2) is 22.1 Å². The van der Waals surface area contributed by atoms with Crippen LogP contribution in [0.3, 0.4) is 0 Å². The van der Waals surface area contributed by atoms with Gasteiger partial charge in [0.15, 0.2) is 0 Å². The summed E-state index contributed by atoms with van der Waals surface area (Å²) in [6, 6.07) is 14.5. The molecule has 0 amide bonds. The summed E-state index contributed by atoms with van der Waals surface area (Å²) in [5.41, 5.74) is 2.21. The van der Waals surface area contributed by atoms with Crippen LogP contribution in [0.5, 0.6) is 5.75 Å². The van der Waals surface area contributed by atoms with Crippen molar-refractivity contribution < 1.29 is 13.2 Å². The number of hydrogen-bond acceptors (Lipinski definition) is 3. The van der Waals surface area contributed by atoms with Crippen LogP contribution < -0.4 is 13.8 Å². The van der Waals surface area contributed by atoms with Gasteiger partial charge in [0.05, 0.1) is 18.5 Å². The van der Waals surface area contributed by atoms with Crippen LogP contribution in [0.2, 0.25) is 0 Å². The molecule has 2 aromatic rings. The third-order valence-corrected chi connectivity index (χ3v) is 4.92. The molecule has 21 heavy (non-hydrogen) atoms. The van der Waals surface area contributed by atoms with E-state index in [2.05, 4.69) is 4.72 Å². The van der Waals surface area contributed by atoms with Crippen molar-refractivity contribution in [1.29, 1.82) is 0 Å². The molecular formula is C15H16N2O3S. The SMILES string of the molecule is COc1ccccc1NS(=O)(=O)N1CCc2ccccc21. The summed E-state index contributed by atoms with van der Waals surface area (Å²) in [6.45, 7) is 0.448. The Balaban J connectivity index is 1.92. The molecule has 0 fully saturated rings. The van der Waals surface area contributed by atoms with E-state index >= 15 is 0 Å². The average Bonchev–Trinajstić information content (AvgIpc) is 2.92. The summed E-state index contributed by atoms with van der Waals surface area (Å²) in [4.78, 5) is 0. The number of fused-ring (bicyclic) bond motifs is 1. The highest BCUT2D eigenvalue weighted by molar-refractivity contribution is 7.94. The molecular weight excluding hydrogens is 288 g/mol. The Bertz CT molecular complexity index is 759. The minimum Gasteiger partial charge on any atom is -0.495 e. The smallest absolute Gasteiger partial charge is 0.324 e. The second-order valence-electron chi connectivity index (χ2n) is 4.76. The molecule has 0 spiro atoms. The first-order chi connectivity index (χ1) is 10.1. The predicted molar refractivity (Wildman–Crippen MR) is 83.0 cm³/mol. The molecule has 2 aromatic carbocycles. The third-order valence-electron chi connectivity index (χ3n) is 3.48. The van der Waals surface area contributed by atoms with Crippen LogP contribution in [0.15, 0.2) is 48.5 Å². The van der Waals surface area contributed by atoms with Crippen LogP contribution in [0.1, 0.15) is 5.56 Å². The number of para-hydroxylation sites is 3. The fourth-order valence-corrected chi connectivity index (χ4v) is 3.81. The second-order valence-corrected chi connectivity index (χ2v) is 6.35. The number of anilines is 2. The van der Waals surface area contributed by atoms with Gasteiger partial charge in [-0.2, -0.15) is 8.42 Å². The number of nitrogens with zero attached hydrogens (tertiary/aromatic N) is 1. The topological polar surface area (TPSA) is 58.6 Å². The lowest BCUT2D eigenvalue weighted by Gasteiger charge is -2.21. The molecule has 0 bridgehead atoms. The molecule has 110 valence electrons. The van der Waals surface area contributed by atoms with Gasteiger partial charge < -0.3 is 4.74 Å². The fraction of sp³-hybridized carbons (Fsp3) is 0.200. The summed E-state index contributed by atoms with van der Waals surface area (Å²) in [5.74, 6) is 0.494. The van der Waals surface area contributed by atoms with Gasteiger partial charge in [0, 0.05) is 6.54 Å². The second kappa shape index (κ2) is 5.29. The number of methoxy groups -OCH3 is 1. The molecule has 3 rings (SSSR count). The van der Waals surface area contributed by atoms with Crippen molar-refractivity contribution in [3.63, 3.8) is 0 Å². The van der Waals surface area contributed by atoms with Gasteiger partial charge in [0.25, 0.3) is 0 Å². The maximum atomic E-state index is 12.6. The van der Waals surface area contributed by atoms with Crippen molar-refractivity contribution in [3.05, 3.63) is 54.1 Å². The van der Waals surface area contributed by atoms with Crippen LogP contribution in [-0.2, 0) is 16.6 Å². The van der Waals surface area contributed by atoms with Gasteiger partial charge in [-0.1, -0.05) is 30.3 Å². The lowest BCUT2D eigenvalue weighted by atomic mass is 10.2. The highest BCUT2D eigenvalue weighted by Gasteiger charge is 2.29. The number of benzene rings is 2. The standard InChI is InChI=1S/C15H16N2O3S/c1-20-15-9-5-3-7-13(15)16-21(18,19)17-11-10-12-6-2-4-8-14(12)17/h2-9,16H,10-11H2,1H3. The largest absolute Gasteiger partial charge is 0.495 e. The van der Waals surface area contributed by atoms with E-state index in [-0.39, 0.29) is 0 Å². The van der Waals surface area contributed by atoms with Crippen molar-refractivity contribution in [3.8, 4) is 5.75 Å². The van der Waals surface area contributed by atoms with Gasteiger partial charge in [-0.05, 0) is 30.2 Å². The number of nitrogens with one attached hydrogen (secondary N) is 1. The number of ether oxygens (including phenoxy) is 1. The lowest BCUT2D eigenvalue weighted by Crippen LogP contribution is -2.34. The van der Waals surface area contributed by atoms with Crippen LogP contribution >= 0.6 is 0 Å². The molecule has 1 aliphatic heterocycles. The zero-order valence-electron chi connectivity index (χ0n) is 11.6.